The van der Waals surface area contributed by atoms with Crippen molar-refractivity contribution >= 4 is 15.9 Å². The van der Waals surface area contributed by atoms with E-state index in [9.17, 15) is 13.2 Å². The maximum atomic E-state index is 12.1. The van der Waals surface area contributed by atoms with E-state index < -0.39 is 6.36 Å². The minimum atomic E-state index is -4.72. The van der Waals surface area contributed by atoms with Crippen LogP contribution in [0.3, 0.4) is 0 Å². The number of halogens is 4. The molecule has 0 saturated carbocycles. The van der Waals surface area contributed by atoms with Crippen molar-refractivity contribution < 1.29 is 22.6 Å². The van der Waals surface area contributed by atoms with Crippen LogP contribution in [0.5, 0.6) is 11.5 Å². The van der Waals surface area contributed by atoms with Gasteiger partial charge in [0.15, 0.2) is 0 Å². The van der Waals surface area contributed by atoms with Crippen LogP contribution in [-0.2, 0) is 0 Å². The highest BCUT2D eigenvalue weighted by molar-refractivity contribution is 9.10. The Labute approximate surface area is 130 Å². The Morgan fingerprint density at radius 1 is 1.38 bits per heavy atom. The number of hydrogen-bond acceptors (Lipinski definition) is 3. The van der Waals surface area contributed by atoms with Crippen molar-refractivity contribution in [2.24, 2.45) is 0 Å². The van der Waals surface area contributed by atoms with E-state index in [0.717, 1.165) is 18.5 Å². The lowest BCUT2D eigenvalue weighted by atomic mass is 10.3. The molecule has 1 aromatic rings. The molecule has 0 heterocycles. The van der Waals surface area contributed by atoms with Gasteiger partial charge in [-0.25, -0.2) is 0 Å². The molecule has 118 valence electrons. The van der Waals surface area contributed by atoms with Gasteiger partial charge >= 0.3 is 6.36 Å². The van der Waals surface area contributed by atoms with Gasteiger partial charge in [0.1, 0.15) is 18.1 Å². The minimum Gasteiger partial charge on any atom is -0.489 e. The van der Waals surface area contributed by atoms with Gasteiger partial charge < -0.3 is 14.8 Å². The molecule has 0 atom stereocenters. The SMILES string of the molecule is C=C(CNCCC)COc1ccc(OC(F)(F)F)c(Br)c1. The molecular formula is C14H17BrF3NO2. The van der Waals surface area contributed by atoms with Crippen molar-refractivity contribution in [3.63, 3.8) is 0 Å². The Hall–Kier alpha value is -1.21. The molecule has 3 nitrogen and oxygen atoms in total. The highest BCUT2D eigenvalue weighted by Crippen LogP contribution is 2.33. The van der Waals surface area contributed by atoms with Gasteiger partial charge in [-0.05, 0) is 52.7 Å². The summed E-state index contributed by atoms with van der Waals surface area (Å²) in [5.41, 5.74) is 0.857. The number of hydrogen-bond donors (Lipinski definition) is 1. The zero-order valence-electron chi connectivity index (χ0n) is 11.6. The maximum Gasteiger partial charge on any atom is 0.573 e. The van der Waals surface area contributed by atoms with Crippen LogP contribution >= 0.6 is 15.9 Å². The predicted molar refractivity (Wildman–Crippen MR) is 78.6 cm³/mol. The van der Waals surface area contributed by atoms with E-state index in [2.05, 4.69) is 39.5 Å². The largest absolute Gasteiger partial charge is 0.573 e. The van der Waals surface area contributed by atoms with Gasteiger partial charge in [-0.2, -0.15) is 0 Å². The summed E-state index contributed by atoms with van der Waals surface area (Å²) in [5, 5.41) is 3.18. The normalized spacial score (nSPS) is 11.3. The highest BCUT2D eigenvalue weighted by Gasteiger charge is 2.31. The van der Waals surface area contributed by atoms with E-state index in [1.807, 2.05) is 0 Å². The molecule has 0 saturated heterocycles. The van der Waals surface area contributed by atoms with E-state index in [1.54, 1.807) is 0 Å². The van der Waals surface area contributed by atoms with E-state index in [0.29, 0.717) is 18.9 Å². The van der Waals surface area contributed by atoms with Gasteiger partial charge in [-0.1, -0.05) is 13.5 Å². The zero-order valence-corrected chi connectivity index (χ0v) is 13.2. The molecule has 0 aromatic heterocycles. The van der Waals surface area contributed by atoms with E-state index in [-0.39, 0.29) is 10.2 Å². The van der Waals surface area contributed by atoms with Crippen LogP contribution in [0.1, 0.15) is 13.3 Å². The van der Waals surface area contributed by atoms with Gasteiger partial charge in [0.2, 0.25) is 0 Å². The first-order valence-electron chi connectivity index (χ1n) is 6.37. The molecule has 7 heteroatoms. The zero-order chi connectivity index (χ0) is 15.9. The minimum absolute atomic E-state index is 0.173. The Balaban J connectivity index is 2.50. The summed E-state index contributed by atoms with van der Waals surface area (Å²) in [6, 6.07) is 4.04. The molecule has 0 aliphatic carbocycles. The second-order valence-corrected chi connectivity index (χ2v) is 5.21. The van der Waals surface area contributed by atoms with Crippen molar-refractivity contribution in [3.05, 3.63) is 34.8 Å². The first-order chi connectivity index (χ1) is 9.81. The number of rotatable bonds is 8. The second-order valence-electron chi connectivity index (χ2n) is 4.36. The summed E-state index contributed by atoms with van der Waals surface area (Å²) in [4.78, 5) is 0. The second kappa shape index (κ2) is 8.29. The first kappa shape index (κ1) is 17.8. The summed E-state index contributed by atoms with van der Waals surface area (Å²) >= 11 is 3.02. The third kappa shape index (κ3) is 7.38. The molecule has 0 spiro atoms. The van der Waals surface area contributed by atoms with Gasteiger partial charge in [0.05, 0.1) is 4.47 Å². The standard InChI is InChI=1S/C14H17BrF3NO2/c1-3-6-19-8-10(2)9-20-11-4-5-13(12(15)7-11)21-14(16,17)18/h4-5,7,19H,2-3,6,8-9H2,1H3. The number of nitrogens with one attached hydrogen (secondary N) is 1. The van der Waals surface area contributed by atoms with E-state index >= 15 is 0 Å². The Morgan fingerprint density at radius 2 is 2.10 bits per heavy atom. The number of alkyl halides is 3. The van der Waals surface area contributed by atoms with Crippen molar-refractivity contribution in [2.75, 3.05) is 19.7 Å². The average molecular weight is 368 g/mol. The molecule has 0 aliphatic rings. The molecule has 0 aliphatic heterocycles. The molecule has 21 heavy (non-hydrogen) atoms. The van der Waals surface area contributed by atoms with Crippen LogP contribution in [0.2, 0.25) is 0 Å². The quantitative estimate of drug-likeness (QED) is 0.549. The molecule has 1 N–H and O–H groups in total. The van der Waals surface area contributed by atoms with Gasteiger partial charge in [0, 0.05) is 6.54 Å². The summed E-state index contributed by atoms with van der Waals surface area (Å²) < 4.78 is 45.9. The third-order valence-corrected chi connectivity index (χ3v) is 2.99. The van der Waals surface area contributed by atoms with Gasteiger partial charge in [-0.3, -0.25) is 0 Å². The predicted octanol–water partition coefficient (Wildman–Crippen LogP) is 4.28. The summed E-state index contributed by atoms with van der Waals surface area (Å²) in [7, 11) is 0. The lowest BCUT2D eigenvalue weighted by molar-refractivity contribution is -0.274. The van der Waals surface area contributed by atoms with Crippen molar-refractivity contribution in [1.29, 1.82) is 0 Å². The van der Waals surface area contributed by atoms with Crippen LogP contribution in [0.15, 0.2) is 34.8 Å². The average Bonchev–Trinajstić information content (AvgIpc) is 2.38. The Bertz CT molecular complexity index is 478. The van der Waals surface area contributed by atoms with Crippen LogP contribution in [0, 0.1) is 0 Å². The molecule has 0 fully saturated rings. The fourth-order valence-corrected chi connectivity index (χ4v) is 1.90. The molecule has 0 unspecified atom stereocenters. The van der Waals surface area contributed by atoms with Crippen LogP contribution in [0.25, 0.3) is 0 Å². The summed E-state index contributed by atoms with van der Waals surface area (Å²) in [6.07, 6.45) is -3.69. The molecule has 0 bridgehead atoms. The van der Waals surface area contributed by atoms with Crippen molar-refractivity contribution in [2.45, 2.75) is 19.7 Å². The smallest absolute Gasteiger partial charge is 0.489 e. The van der Waals surface area contributed by atoms with Gasteiger partial charge in [-0.15, -0.1) is 13.2 Å². The fourth-order valence-electron chi connectivity index (χ4n) is 1.46. The molecule has 1 aromatic carbocycles. The molecule has 1 rings (SSSR count). The number of benzene rings is 1. The molecular weight excluding hydrogens is 351 g/mol. The summed E-state index contributed by atoms with van der Waals surface area (Å²) in [6.45, 7) is 7.76. The lowest BCUT2D eigenvalue weighted by Gasteiger charge is -2.13. The molecule has 0 amide bonds. The van der Waals surface area contributed by atoms with Gasteiger partial charge in [0.25, 0.3) is 0 Å². The molecule has 0 radical (unpaired) electrons. The first-order valence-corrected chi connectivity index (χ1v) is 7.16. The van der Waals surface area contributed by atoms with E-state index in [4.69, 9.17) is 4.74 Å². The monoisotopic (exact) mass is 367 g/mol. The lowest BCUT2D eigenvalue weighted by Crippen LogP contribution is -2.20. The summed E-state index contributed by atoms with van der Waals surface area (Å²) in [5.74, 6) is 0.131. The topological polar surface area (TPSA) is 30.5 Å². The maximum absolute atomic E-state index is 12.1. The van der Waals surface area contributed by atoms with E-state index in [1.165, 1.54) is 18.2 Å². The Kier molecular flexibility index (Phi) is 7.04. The van der Waals surface area contributed by atoms with Crippen molar-refractivity contribution in [3.8, 4) is 11.5 Å². The highest BCUT2D eigenvalue weighted by atomic mass is 79.9. The third-order valence-electron chi connectivity index (χ3n) is 2.37. The van der Waals surface area contributed by atoms with Crippen molar-refractivity contribution in [1.82, 2.24) is 5.32 Å². The fraction of sp³-hybridized carbons (Fsp3) is 0.429. The van der Waals surface area contributed by atoms with Crippen LogP contribution < -0.4 is 14.8 Å². The number of ether oxygens (including phenoxy) is 2. The van der Waals surface area contributed by atoms with Crippen LogP contribution in [-0.4, -0.2) is 26.1 Å². The Morgan fingerprint density at radius 3 is 2.67 bits per heavy atom. The van der Waals surface area contributed by atoms with Crippen LogP contribution in [0.4, 0.5) is 13.2 Å².